The third-order valence-electron chi connectivity index (χ3n) is 3.18. The van der Waals surface area contributed by atoms with Crippen molar-refractivity contribution in [3.05, 3.63) is 29.0 Å². The molecule has 2 rings (SSSR count). The minimum atomic E-state index is 0.746. The number of aromatic nitrogens is 1. The minimum absolute atomic E-state index is 0.746. The predicted molar refractivity (Wildman–Crippen MR) is 64.3 cm³/mol. The fourth-order valence-electron chi connectivity index (χ4n) is 2.09. The van der Waals surface area contributed by atoms with Crippen LogP contribution in [0.15, 0.2) is 12.1 Å². The van der Waals surface area contributed by atoms with E-state index in [1.807, 2.05) is 37.6 Å². The lowest BCUT2D eigenvalue weighted by atomic mass is 10.1. The normalized spacial score (nSPS) is 10.8. The summed E-state index contributed by atoms with van der Waals surface area (Å²) in [4.78, 5) is 11.1. The number of carbonyl (C=O) groups excluding carboxylic acids is 1. The number of carbonyl (C=O) groups is 1. The Bertz CT molecular complexity index is 567. The predicted octanol–water partition coefficient (Wildman–Crippen LogP) is 2.62. The molecule has 16 heavy (non-hydrogen) atoms. The summed E-state index contributed by atoms with van der Waals surface area (Å²) >= 11 is 0. The van der Waals surface area contributed by atoms with E-state index in [2.05, 4.69) is 0 Å². The van der Waals surface area contributed by atoms with Crippen LogP contribution in [0.2, 0.25) is 0 Å². The molecule has 3 nitrogen and oxygen atoms in total. The number of methoxy groups -OCH3 is 1. The van der Waals surface area contributed by atoms with Crippen molar-refractivity contribution in [2.75, 3.05) is 7.11 Å². The summed E-state index contributed by atoms with van der Waals surface area (Å²) < 4.78 is 7.31. The zero-order valence-electron chi connectivity index (χ0n) is 10.00. The largest absolute Gasteiger partial charge is 0.496 e. The van der Waals surface area contributed by atoms with Gasteiger partial charge < -0.3 is 9.30 Å². The molecule has 0 atom stereocenters. The summed E-state index contributed by atoms with van der Waals surface area (Å²) in [5.74, 6) is 0.821. The van der Waals surface area contributed by atoms with Gasteiger partial charge in [-0.1, -0.05) is 0 Å². The van der Waals surface area contributed by atoms with E-state index in [0.717, 1.165) is 39.8 Å². The van der Waals surface area contributed by atoms with Crippen LogP contribution in [0.4, 0.5) is 0 Å². The maximum atomic E-state index is 11.1. The Kier molecular flexibility index (Phi) is 2.46. The second kappa shape index (κ2) is 3.67. The minimum Gasteiger partial charge on any atom is -0.496 e. The van der Waals surface area contributed by atoms with Crippen molar-refractivity contribution in [1.82, 2.24) is 4.57 Å². The van der Waals surface area contributed by atoms with Crippen molar-refractivity contribution in [3.63, 3.8) is 0 Å². The summed E-state index contributed by atoms with van der Waals surface area (Å²) in [6, 6.07) is 3.98. The molecule has 1 aromatic heterocycles. The monoisotopic (exact) mass is 217 g/mol. The lowest BCUT2D eigenvalue weighted by Gasteiger charge is -2.05. The van der Waals surface area contributed by atoms with Gasteiger partial charge in [0, 0.05) is 29.2 Å². The Morgan fingerprint density at radius 3 is 2.56 bits per heavy atom. The van der Waals surface area contributed by atoms with Gasteiger partial charge in [0.15, 0.2) is 6.29 Å². The lowest BCUT2D eigenvalue weighted by molar-refractivity contribution is 0.112. The first-order chi connectivity index (χ1) is 7.60. The van der Waals surface area contributed by atoms with E-state index < -0.39 is 0 Å². The van der Waals surface area contributed by atoms with Crippen LogP contribution in [0.5, 0.6) is 5.75 Å². The molecule has 0 unspecified atom stereocenters. The summed E-state index contributed by atoms with van der Waals surface area (Å²) in [5, 5.41) is 0.956. The van der Waals surface area contributed by atoms with Crippen LogP contribution in [0.3, 0.4) is 0 Å². The second-order valence-electron chi connectivity index (χ2n) is 4.01. The fraction of sp³-hybridized carbons (Fsp3) is 0.308. The van der Waals surface area contributed by atoms with Gasteiger partial charge in [0.05, 0.1) is 7.11 Å². The number of benzene rings is 1. The molecule has 84 valence electrons. The van der Waals surface area contributed by atoms with Gasteiger partial charge in [-0.25, -0.2) is 0 Å². The second-order valence-corrected chi connectivity index (χ2v) is 4.01. The molecule has 0 aliphatic rings. The molecule has 0 saturated carbocycles. The zero-order valence-corrected chi connectivity index (χ0v) is 10.00. The van der Waals surface area contributed by atoms with Crippen molar-refractivity contribution < 1.29 is 9.53 Å². The van der Waals surface area contributed by atoms with E-state index in [-0.39, 0.29) is 0 Å². The van der Waals surface area contributed by atoms with Crippen LogP contribution < -0.4 is 4.74 Å². The smallest absolute Gasteiger partial charge is 0.152 e. The van der Waals surface area contributed by atoms with Crippen molar-refractivity contribution in [2.24, 2.45) is 7.05 Å². The topological polar surface area (TPSA) is 31.2 Å². The molecule has 2 aromatic rings. The van der Waals surface area contributed by atoms with Crippen molar-refractivity contribution in [2.45, 2.75) is 13.8 Å². The van der Waals surface area contributed by atoms with E-state index in [4.69, 9.17) is 4.74 Å². The highest BCUT2D eigenvalue weighted by Gasteiger charge is 2.13. The number of ether oxygens (including phenoxy) is 1. The Hall–Kier alpha value is -1.77. The molecule has 0 spiro atoms. The van der Waals surface area contributed by atoms with E-state index in [0.29, 0.717) is 0 Å². The van der Waals surface area contributed by atoms with Gasteiger partial charge in [-0.05, 0) is 31.5 Å². The van der Waals surface area contributed by atoms with E-state index in [9.17, 15) is 4.79 Å². The summed E-state index contributed by atoms with van der Waals surface area (Å²) in [7, 11) is 3.61. The summed E-state index contributed by atoms with van der Waals surface area (Å²) in [5.41, 5.74) is 3.87. The van der Waals surface area contributed by atoms with Gasteiger partial charge in [-0.15, -0.1) is 0 Å². The van der Waals surface area contributed by atoms with Gasteiger partial charge in [0.1, 0.15) is 5.75 Å². The molecular weight excluding hydrogens is 202 g/mol. The first-order valence-corrected chi connectivity index (χ1v) is 5.19. The maximum absolute atomic E-state index is 11.1. The van der Waals surface area contributed by atoms with Gasteiger partial charge in [-0.2, -0.15) is 0 Å². The number of aryl methyl sites for hydroxylation is 2. The van der Waals surface area contributed by atoms with Crippen molar-refractivity contribution in [3.8, 4) is 5.75 Å². The van der Waals surface area contributed by atoms with Crippen molar-refractivity contribution in [1.29, 1.82) is 0 Å². The number of rotatable bonds is 2. The molecule has 0 aliphatic carbocycles. The van der Waals surface area contributed by atoms with Crippen molar-refractivity contribution >= 4 is 17.2 Å². The van der Waals surface area contributed by atoms with Crippen LogP contribution in [0.25, 0.3) is 10.9 Å². The fourth-order valence-corrected chi connectivity index (χ4v) is 2.09. The van der Waals surface area contributed by atoms with Crippen LogP contribution in [0, 0.1) is 13.8 Å². The first kappa shape index (κ1) is 10.7. The Labute approximate surface area is 94.6 Å². The molecule has 0 radical (unpaired) electrons. The number of hydrogen-bond acceptors (Lipinski definition) is 2. The van der Waals surface area contributed by atoms with Gasteiger partial charge >= 0.3 is 0 Å². The Morgan fingerprint density at radius 1 is 1.31 bits per heavy atom. The summed E-state index contributed by atoms with van der Waals surface area (Å²) in [6.45, 7) is 3.95. The highest BCUT2D eigenvalue weighted by Crippen LogP contribution is 2.30. The molecule has 0 N–H and O–H groups in total. The SMILES string of the molecule is COc1cc2c(C=O)c(C)n(C)c2cc1C. The lowest BCUT2D eigenvalue weighted by Crippen LogP contribution is -1.92. The van der Waals surface area contributed by atoms with Crippen LogP contribution in [-0.4, -0.2) is 18.0 Å². The maximum Gasteiger partial charge on any atom is 0.152 e. The molecule has 0 aliphatic heterocycles. The molecule has 1 heterocycles. The molecule has 0 bridgehead atoms. The number of fused-ring (bicyclic) bond motifs is 1. The standard InChI is InChI=1S/C13H15NO2/c1-8-5-12-10(6-13(8)16-4)11(7-15)9(2)14(12)3/h5-7H,1-4H3. The average molecular weight is 217 g/mol. The average Bonchev–Trinajstić information content (AvgIpc) is 2.51. The molecule has 1 aromatic carbocycles. The first-order valence-electron chi connectivity index (χ1n) is 5.19. The summed E-state index contributed by atoms with van der Waals surface area (Å²) in [6.07, 6.45) is 0.909. The van der Waals surface area contributed by atoms with Crippen LogP contribution in [-0.2, 0) is 7.05 Å². The third kappa shape index (κ3) is 1.32. The van der Waals surface area contributed by atoms with E-state index in [1.165, 1.54) is 0 Å². The van der Waals surface area contributed by atoms with Gasteiger partial charge in [-0.3, -0.25) is 4.79 Å². The van der Waals surface area contributed by atoms with E-state index >= 15 is 0 Å². The van der Waals surface area contributed by atoms with Crippen LogP contribution >= 0.6 is 0 Å². The highest BCUT2D eigenvalue weighted by molar-refractivity contribution is 6.00. The number of aldehydes is 1. The Balaban J connectivity index is 2.91. The zero-order chi connectivity index (χ0) is 11.9. The number of nitrogens with zero attached hydrogens (tertiary/aromatic N) is 1. The Morgan fingerprint density at radius 2 is 2.00 bits per heavy atom. The molecule has 3 heteroatoms. The quantitative estimate of drug-likeness (QED) is 0.724. The highest BCUT2D eigenvalue weighted by atomic mass is 16.5. The molecule has 0 saturated heterocycles. The van der Waals surface area contributed by atoms with Gasteiger partial charge in [0.2, 0.25) is 0 Å². The molecule has 0 fully saturated rings. The van der Waals surface area contributed by atoms with Gasteiger partial charge in [0.25, 0.3) is 0 Å². The third-order valence-corrected chi connectivity index (χ3v) is 3.18. The molecule has 0 amide bonds. The molecular formula is C13H15NO2. The van der Waals surface area contributed by atoms with E-state index in [1.54, 1.807) is 7.11 Å². The van der Waals surface area contributed by atoms with Crippen LogP contribution in [0.1, 0.15) is 21.6 Å². The number of hydrogen-bond donors (Lipinski definition) is 0.